The first-order valence-corrected chi connectivity index (χ1v) is 10.8. The predicted molar refractivity (Wildman–Crippen MR) is 126 cm³/mol. The molecular weight excluding hydrogens is 416 g/mol. The van der Waals surface area contributed by atoms with Crippen LogP contribution in [0.2, 0.25) is 0 Å². The molecule has 33 heavy (non-hydrogen) atoms. The number of hydrogen-bond donors (Lipinski definition) is 0. The molecule has 2 aromatic carbocycles. The molecule has 3 heterocycles. The number of imidazole rings is 1. The number of ether oxygens (including phenoxy) is 1. The molecule has 0 bridgehead atoms. The number of benzene rings is 2. The van der Waals surface area contributed by atoms with Crippen LogP contribution in [0.3, 0.4) is 0 Å². The molecule has 0 radical (unpaired) electrons. The van der Waals surface area contributed by atoms with Crippen molar-refractivity contribution in [3.05, 3.63) is 83.5 Å². The van der Waals surface area contributed by atoms with Crippen molar-refractivity contribution in [2.24, 2.45) is 0 Å². The van der Waals surface area contributed by atoms with Gasteiger partial charge in [0.1, 0.15) is 11.5 Å². The predicted octanol–water partition coefficient (Wildman–Crippen LogP) is 3.78. The minimum Gasteiger partial charge on any atom is -0.457 e. The number of rotatable bonds is 4. The zero-order valence-electron chi connectivity index (χ0n) is 18.1. The van der Waals surface area contributed by atoms with Gasteiger partial charge in [-0.3, -0.25) is 18.9 Å². The van der Waals surface area contributed by atoms with Crippen LogP contribution in [0.5, 0.6) is 11.5 Å². The number of nitrogens with zero attached hydrogens (tertiary/aromatic N) is 4. The second-order valence-electron chi connectivity index (χ2n) is 7.83. The van der Waals surface area contributed by atoms with E-state index in [4.69, 9.17) is 4.74 Å². The second-order valence-corrected chi connectivity index (χ2v) is 7.83. The Morgan fingerprint density at radius 3 is 2.55 bits per heavy atom. The summed E-state index contributed by atoms with van der Waals surface area (Å²) in [6, 6.07) is 18.7. The van der Waals surface area contributed by atoms with Crippen LogP contribution in [0.25, 0.3) is 16.7 Å². The van der Waals surface area contributed by atoms with Crippen LogP contribution in [0.15, 0.2) is 77.9 Å². The van der Waals surface area contributed by atoms with Gasteiger partial charge < -0.3 is 9.64 Å². The highest BCUT2D eigenvalue weighted by Gasteiger charge is 2.30. The van der Waals surface area contributed by atoms with Crippen molar-refractivity contribution in [2.45, 2.75) is 19.4 Å². The fraction of sp³-hybridized carbons (Fsp3) is 0.192. The molecule has 0 N–H and O–H groups in total. The average Bonchev–Trinajstić information content (AvgIpc) is 3.43. The molecule has 1 fully saturated rings. The highest BCUT2D eigenvalue weighted by molar-refractivity contribution is 5.93. The highest BCUT2D eigenvalue weighted by Crippen LogP contribution is 2.27. The number of aromatic nitrogens is 3. The summed E-state index contributed by atoms with van der Waals surface area (Å²) < 4.78 is 9.31. The molecule has 1 amide bonds. The number of likely N-dealkylation sites (tertiary alicyclic amines) is 1. The van der Waals surface area contributed by atoms with Crippen molar-refractivity contribution < 1.29 is 9.53 Å². The molecule has 7 heteroatoms. The molecule has 1 saturated heterocycles. The standard InChI is InChI=1S/C26H22N4O3/c1-2-6-25(31)28-16-14-20(18-28)30-23-13-15-27-17-24(23)29(26(30)32)19-9-11-22(12-10-19)33-21-7-4-3-5-8-21/h3-5,7-13,15,17,20H,14,16,18H2,1H3/t20-/m1/s1. The normalized spacial score (nSPS) is 15.3. The maximum atomic E-state index is 13.6. The zero-order valence-corrected chi connectivity index (χ0v) is 18.1. The molecule has 1 atom stereocenters. The molecule has 5 rings (SSSR count). The van der Waals surface area contributed by atoms with Crippen LogP contribution in [0, 0.1) is 11.8 Å². The third kappa shape index (κ3) is 3.87. The van der Waals surface area contributed by atoms with Crippen molar-refractivity contribution in [1.29, 1.82) is 0 Å². The molecule has 0 spiro atoms. The van der Waals surface area contributed by atoms with Crippen LogP contribution < -0.4 is 10.4 Å². The van der Waals surface area contributed by atoms with Crippen molar-refractivity contribution in [3.63, 3.8) is 0 Å². The quantitative estimate of drug-likeness (QED) is 0.455. The van der Waals surface area contributed by atoms with Crippen molar-refractivity contribution in [2.75, 3.05) is 13.1 Å². The summed E-state index contributed by atoms with van der Waals surface area (Å²) in [5.41, 5.74) is 2.08. The Balaban J connectivity index is 1.50. The molecule has 0 saturated carbocycles. The lowest BCUT2D eigenvalue weighted by molar-refractivity contribution is -0.124. The summed E-state index contributed by atoms with van der Waals surface area (Å²) in [5, 5.41) is 0. The van der Waals surface area contributed by atoms with Crippen LogP contribution in [-0.2, 0) is 4.79 Å². The van der Waals surface area contributed by atoms with Gasteiger partial charge in [-0.15, -0.1) is 0 Å². The van der Waals surface area contributed by atoms with Gasteiger partial charge >= 0.3 is 5.69 Å². The van der Waals surface area contributed by atoms with E-state index in [1.165, 1.54) is 0 Å². The Morgan fingerprint density at radius 1 is 1.03 bits per heavy atom. The lowest BCUT2D eigenvalue weighted by atomic mass is 10.2. The molecule has 2 aromatic heterocycles. The zero-order chi connectivity index (χ0) is 22.8. The third-order valence-electron chi connectivity index (χ3n) is 5.80. The van der Waals surface area contributed by atoms with E-state index < -0.39 is 0 Å². The maximum Gasteiger partial charge on any atom is 0.334 e. The first-order chi connectivity index (χ1) is 16.2. The topological polar surface area (TPSA) is 69.4 Å². The van der Waals surface area contributed by atoms with E-state index in [0.29, 0.717) is 25.3 Å². The number of fused-ring (bicyclic) bond motifs is 1. The lowest BCUT2D eigenvalue weighted by Gasteiger charge is -2.14. The molecular formula is C26H22N4O3. The van der Waals surface area contributed by atoms with Crippen molar-refractivity contribution >= 4 is 16.9 Å². The maximum absolute atomic E-state index is 13.6. The van der Waals surface area contributed by atoms with Crippen LogP contribution in [-0.4, -0.2) is 38.0 Å². The van der Waals surface area contributed by atoms with Gasteiger partial charge in [-0.1, -0.05) is 24.1 Å². The molecule has 0 unspecified atom stereocenters. The monoisotopic (exact) mass is 438 g/mol. The summed E-state index contributed by atoms with van der Waals surface area (Å²) in [6.07, 6.45) is 4.07. The fourth-order valence-corrected chi connectivity index (χ4v) is 4.28. The van der Waals surface area contributed by atoms with Gasteiger partial charge in [-0.05, 0) is 61.7 Å². The minimum atomic E-state index is -0.201. The first-order valence-electron chi connectivity index (χ1n) is 10.8. The van der Waals surface area contributed by atoms with Gasteiger partial charge in [0, 0.05) is 19.3 Å². The number of carbonyl (C=O) groups is 1. The highest BCUT2D eigenvalue weighted by atomic mass is 16.5. The molecule has 1 aliphatic rings. The van der Waals surface area contributed by atoms with Gasteiger partial charge in [0.2, 0.25) is 0 Å². The number of hydrogen-bond acceptors (Lipinski definition) is 4. The number of carbonyl (C=O) groups excluding carboxylic acids is 1. The van der Waals surface area contributed by atoms with E-state index in [1.54, 1.807) is 33.4 Å². The molecule has 164 valence electrons. The minimum absolute atomic E-state index is 0.119. The Bertz CT molecular complexity index is 1430. The van der Waals surface area contributed by atoms with E-state index in [9.17, 15) is 9.59 Å². The van der Waals surface area contributed by atoms with Crippen LogP contribution in [0.1, 0.15) is 19.4 Å². The fourth-order valence-electron chi connectivity index (χ4n) is 4.28. The van der Waals surface area contributed by atoms with Crippen molar-refractivity contribution in [1.82, 2.24) is 19.0 Å². The van der Waals surface area contributed by atoms with E-state index >= 15 is 0 Å². The third-order valence-corrected chi connectivity index (χ3v) is 5.80. The number of pyridine rings is 1. The first kappa shape index (κ1) is 20.6. The average molecular weight is 438 g/mol. The molecule has 4 aromatic rings. The summed E-state index contributed by atoms with van der Waals surface area (Å²) in [5.74, 6) is 6.47. The van der Waals surface area contributed by atoms with Gasteiger partial charge in [0.25, 0.3) is 5.91 Å². The van der Waals surface area contributed by atoms with Gasteiger partial charge in [0.15, 0.2) is 0 Å². The summed E-state index contributed by atoms with van der Waals surface area (Å²) in [4.78, 5) is 31.7. The van der Waals surface area contributed by atoms with E-state index in [1.807, 2.05) is 60.7 Å². The van der Waals surface area contributed by atoms with Crippen molar-refractivity contribution in [3.8, 4) is 29.0 Å². The SMILES string of the molecule is CC#CC(=O)N1CC[C@@H](n2c(=O)n(-c3ccc(Oc4ccccc4)cc3)c3cnccc32)C1. The second kappa shape index (κ2) is 8.67. The summed E-state index contributed by atoms with van der Waals surface area (Å²) in [6.45, 7) is 2.68. The van der Waals surface area contributed by atoms with Gasteiger partial charge in [-0.25, -0.2) is 4.79 Å². The molecule has 1 aliphatic heterocycles. The van der Waals surface area contributed by atoms with E-state index in [2.05, 4.69) is 16.8 Å². The molecule has 0 aliphatic carbocycles. The molecule has 7 nitrogen and oxygen atoms in total. The van der Waals surface area contributed by atoms with Crippen LogP contribution >= 0.6 is 0 Å². The number of para-hydroxylation sites is 1. The Hall–Kier alpha value is -4.31. The number of amides is 1. The Morgan fingerprint density at radius 2 is 1.79 bits per heavy atom. The summed E-state index contributed by atoms with van der Waals surface area (Å²) in [7, 11) is 0. The van der Waals surface area contributed by atoms with Gasteiger partial charge in [0.05, 0.1) is 29.0 Å². The van der Waals surface area contributed by atoms with Crippen LogP contribution in [0.4, 0.5) is 0 Å². The Labute approximate surface area is 190 Å². The largest absolute Gasteiger partial charge is 0.457 e. The Kier molecular flexibility index (Phi) is 5.41. The smallest absolute Gasteiger partial charge is 0.334 e. The van der Waals surface area contributed by atoms with E-state index in [0.717, 1.165) is 22.5 Å². The summed E-state index contributed by atoms with van der Waals surface area (Å²) >= 11 is 0. The van der Waals surface area contributed by atoms with E-state index in [-0.39, 0.29) is 17.6 Å². The lowest BCUT2D eigenvalue weighted by Crippen LogP contribution is -2.31. The van der Waals surface area contributed by atoms with Gasteiger partial charge in [-0.2, -0.15) is 0 Å².